The normalized spacial score (nSPS) is 18.1. The van der Waals surface area contributed by atoms with Crippen LogP contribution in [0.4, 0.5) is 0 Å². The third-order valence-corrected chi connectivity index (χ3v) is 5.54. The highest BCUT2D eigenvalue weighted by atomic mass is 16.1. The molecule has 5 heteroatoms. The van der Waals surface area contributed by atoms with Crippen molar-refractivity contribution in [2.24, 2.45) is 0 Å². The number of aryl methyl sites for hydroxylation is 2. The Morgan fingerprint density at radius 3 is 2.70 bits per heavy atom. The first-order valence-electron chi connectivity index (χ1n) is 9.08. The van der Waals surface area contributed by atoms with Crippen LogP contribution in [0, 0.1) is 0 Å². The zero-order valence-electron chi connectivity index (χ0n) is 14.0. The second kappa shape index (κ2) is 6.11. The third kappa shape index (κ3) is 2.51. The van der Waals surface area contributed by atoms with Crippen LogP contribution in [0.15, 0.2) is 4.79 Å². The molecule has 0 bridgehead atoms. The number of fused-ring (bicyclic) bond motifs is 3. The molecule has 124 valence electrons. The quantitative estimate of drug-likeness (QED) is 0.834. The van der Waals surface area contributed by atoms with Gasteiger partial charge in [0.25, 0.3) is 5.56 Å². The predicted octanol–water partition coefficient (Wildman–Crippen LogP) is 2.48. The highest BCUT2D eigenvalue weighted by Gasteiger charge is 2.29. The molecule has 4 rings (SSSR count). The van der Waals surface area contributed by atoms with Crippen LogP contribution in [0.5, 0.6) is 0 Å². The molecule has 2 aromatic heterocycles. The number of rotatable bonds is 5. The highest BCUT2D eigenvalue weighted by Crippen LogP contribution is 2.40. The Morgan fingerprint density at radius 2 is 2.00 bits per heavy atom. The van der Waals surface area contributed by atoms with Crippen LogP contribution in [0.2, 0.25) is 0 Å². The van der Waals surface area contributed by atoms with Gasteiger partial charge in [0.05, 0.1) is 5.69 Å². The van der Waals surface area contributed by atoms with Crippen molar-refractivity contribution in [2.45, 2.75) is 63.8 Å². The van der Waals surface area contributed by atoms with Crippen LogP contribution in [-0.4, -0.2) is 28.4 Å². The molecular weight excluding hydrogens is 288 g/mol. The van der Waals surface area contributed by atoms with Crippen molar-refractivity contribution in [3.63, 3.8) is 0 Å². The number of aromatic amines is 1. The van der Waals surface area contributed by atoms with Crippen molar-refractivity contribution in [3.8, 4) is 0 Å². The van der Waals surface area contributed by atoms with Gasteiger partial charge in [-0.1, -0.05) is 6.42 Å². The maximum atomic E-state index is 12.5. The molecule has 1 fully saturated rings. The second-order valence-electron chi connectivity index (χ2n) is 7.04. The first-order chi connectivity index (χ1) is 11.3. The molecule has 0 saturated heterocycles. The molecular formula is C18H26N4O. The Morgan fingerprint density at radius 1 is 1.22 bits per heavy atom. The Bertz CT molecular complexity index is 769. The van der Waals surface area contributed by atoms with Crippen molar-refractivity contribution >= 4 is 11.0 Å². The average Bonchev–Trinajstić information content (AvgIpc) is 2.85. The summed E-state index contributed by atoms with van der Waals surface area (Å²) < 4.78 is 2.05. The van der Waals surface area contributed by atoms with E-state index in [1.54, 1.807) is 0 Å². The van der Waals surface area contributed by atoms with Crippen LogP contribution in [0.3, 0.4) is 0 Å². The Labute approximate surface area is 136 Å². The summed E-state index contributed by atoms with van der Waals surface area (Å²) in [6.45, 7) is 1.83. The van der Waals surface area contributed by atoms with E-state index in [-0.39, 0.29) is 5.56 Å². The molecule has 0 atom stereocenters. The van der Waals surface area contributed by atoms with Gasteiger partial charge in [-0.3, -0.25) is 4.79 Å². The number of pyridine rings is 1. The van der Waals surface area contributed by atoms with Gasteiger partial charge in [-0.25, -0.2) is 4.68 Å². The van der Waals surface area contributed by atoms with Gasteiger partial charge in [-0.2, -0.15) is 5.10 Å². The third-order valence-electron chi connectivity index (χ3n) is 5.54. The molecule has 0 radical (unpaired) electrons. The minimum atomic E-state index is 0.113. The number of nitrogens with zero attached hydrogens (tertiary/aromatic N) is 2. The van der Waals surface area contributed by atoms with Gasteiger partial charge in [0.2, 0.25) is 0 Å². The fraction of sp³-hybridized carbons (Fsp3) is 0.667. The Hall–Kier alpha value is -1.62. The first-order valence-corrected chi connectivity index (χ1v) is 9.08. The molecule has 2 aliphatic carbocycles. The highest BCUT2D eigenvalue weighted by molar-refractivity contribution is 5.84. The minimum absolute atomic E-state index is 0.113. The molecule has 2 N–H and O–H groups in total. The standard InChI is InChI=1S/C18H26N4O/c1-19-10-5-11-22-17-15(16(21-22)12-6-4-7-12)13-8-2-3-9-14(13)18(23)20-17/h12,19H,2-11H2,1H3,(H,20,23). The van der Waals surface area contributed by atoms with E-state index in [0.717, 1.165) is 50.0 Å². The number of aromatic nitrogens is 3. The van der Waals surface area contributed by atoms with Gasteiger partial charge in [0, 0.05) is 23.4 Å². The number of hydrogen-bond acceptors (Lipinski definition) is 3. The van der Waals surface area contributed by atoms with Gasteiger partial charge in [-0.05, 0) is 64.1 Å². The molecule has 0 unspecified atom stereocenters. The summed E-state index contributed by atoms with van der Waals surface area (Å²) in [4.78, 5) is 15.7. The van der Waals surface area contributed by atoms with Crippen LogP contribution in [0.25, 0.3) is 11.0 Å². The number of H-pyrrole nitrogens is 1. The molecule has 2 aliphatic rings. The van der Waals surface area contributed by atoms with Gasteiger partial charge >= 0.3 is 0 Å². The summed E-state index contributed by atoms with van der Waals surface area (Å²) in [5, 5.41) is 9.42. The SMILES string of the molecule is CNCCCn1nc(C2CCC2)c2c3c(c(=O)[nH]c21)CCCC3. The van der Waals surface area contributed by atoms with Crippen LogP contribution < -0.4 is 10.9 Å². The Balaban J connectivity index is 1.87. The molecule has 2 heterocycles. The van der Waals surface area contributed by atoms with E-state index in [4.69, 9.17) is 5.10 Å². The summed E-state index contributed by atoms with van der Waals surface area (Å²) in [7, 11) is 1.97. The van der Waals surface area contributed by atoms with Crippen molar-refractivity contribution < 1.29 is 0 Å². The predicted molar refractivity (Wildman–Crippen MR) is 92.1 cm³/mol. The lowest BCUT2D eigenvalue weighted by Gasteiger charge is -2.25. The monoisotopic (exact) mass is 314 g/mol. The zero-order chi connectivity index (χ0) is 15.8. The van der Waals surface area contributed by atoms with Crippen LogP contribution in [-0.2, 0) is 19.4 Å². The van der Waals surface area contributed by atoms with Gasteiger partial charge < -0.3 is 10.3 Å². The fourth-order valence-corrected chi connectivity index (χ4v) is 4.05. The maximum Gasteiger partial charge on any atom is 0.253 e. The zero-order valence-corrected chi connectivity index (χ0v) is 14.0. The molecule has 2 aromatic rings. The smallest absolute Gasteiger partial charge is 0.253 e. The number of nitrogens with one attached hydrogen (secondary N) is 2. The van der Waals surface area contributed by atoms with Crippen molar-refractivity contribution in [1.82, 2.24) is 20.1 Å². The van der Waals surface area contributed by atoms with E-state index in [9.17, 15) is 4.79 Å². The van der Waals surface area contributed by atoms with Crippen molar-refractivity contribution in [2.75, 3.05) is 13.6 Å². The topological polar surface area (TPSA) is 62.7 Å². The van der Waals surface area contributed by atoms with E-state index < -0.39 is 0 Å². The summed E-state index contributed by atoms with van der Waals surface area (Å²) in [5.41, 5.74) is 4.66. The average molecular weight is 314 g/mol. The van der Waals surface area contributed by atoms with E-state index >= 15 is 0 Å². The molecule has 0 spiro atoms. The number of hydrogen-bond donors (Lipinski definition) is 2. The molecule has 23 heavy (non-hydrogen) atoms. The first kappa shape index (κ1) is 14.9. The lowest BCUT2D eigenvalue weighted by molar-refractivity contribution is 0.406. The maximum absolute atomic E-state index is 12.5. The molecule has 1 saturated carbocycles. The summed E-state index contributed by atoms with van der Waals surface area (Å²) in [6.07, 6.45) is 9.12. The van der Waals surface area contributed by atoms with Gasteiger partial charge in [0.15, 0.2) is 0 Å². The summed E-state index contributed by atoms with van der Waals surface area (Å²) in [6, 6.07) is 0. The molecule has 0 aliphatic heterocycles. The second-order valence-corrected chi connectivity index (χ2v) is 7.04. The largest absolute Gasteiger partial charge is 0.320 e. The van der Waals surface area contributed by atoms with Crippen LogP contribution >= 0.6 is 0 Å². The molecule has 5 nitrogen and oxygen atoms in total. The lowest BCUT2D eigenvalue weighted by atomic mass is 9.80. The lowest BCUT2D eigenvalue weighted by Crippen LogP contribution is -2.20. The molecule has 0 aromatic carbocycles. The molecule has 0 amide bonds. The summed E-state index contributed by atoms with van der Waals surface area (Å²) >= 11 is 0. The van der Waals surface area contributed by atoms with E-state index in [1.165, 1.54) is 42.3 Å². The van der Waals surface area contributed by atoms with E-state index in [2.05, 4.69) is 15.0 Å². The minimum Gasteiger partial charge on any atom is -0.320 e. The van der Waals surface area contributed by atoms with Crippen LogP contribution in [0.1, 0.15) is 61.3 Å². The fourth-order valence-electron chi connectivity index (χ4n) is 4.05. The van der Waals surface area contributed by atoms with E-state index in [0.29, 0.717) is 5.92 Å². The summed E-state index contributed by atoms with van der Waals surface area (Å²) in [5.74, 6) is 0.597. The van der Waals surface area contributed by atoms with Crippen molar-refractivity contribution in [3.05, 3.63) is 27.2 Å². The van der Waals surface area contributed by atoms with Crippen molar-refractivity contribution in [1.29, 1.82) is 0 Å². The van der Waals surface area contributed by atoms with E-state index in [1.807, 2.05) is 7.05 Å². The Kier molecular flexibility index (Phi) is 3.97. The van der Waals surface area contributed by atoms with Gasteiger partial charge in [0.1, 0.15) is 5.65 Å². The van der Waals surface area contributed by atoms with Gasteiger partial charge in [-0.15, -0.1) is 0 Å².